The van der Waals surface area contributed by atoms with E-state index in [9.17, 15) is 4.39 Å². The van der Waals surface area contributed by atoms with Crippen molar-refractivity contribution in [3.05, 3.63) is 58.3 Å². The number of anilines is 1. The molecule has 2 aromatic rings. The minimum Gasteiger partial charge on any atom is -0.491 e. The molecule has 0 amide bonds. The molecule has 21 heavy (non-hydrogen) atoms. The van der Waals surface area contributed by atoms with Gasteiger partial charge in [0.15, 0.2) is 0 Å². The number of para-hydroxylation sites is 1. The van der Waals surface area contributed by atoms with E-state index >= 15 is 0 Å². The number of nitrogens with one attached hydrogen (secondary N) is 1. The van der Waals surface area contributed by atoms with Crippen molar-refractivity contribution >= 4 is 21.6 Å². The van der Waals surface area contributed by atoms with Gasteiger partial charge in [-0.25, -0.2) is 4.39 Å². The van der Waals surface area contributed by atoms with Crippen LogP contribution in [0.1, 0.15) is 32.4 Å². The summed E-state index contributed by atoms with van der Waals surface area (Å²) in [6.45, 7) is 5.98. The zero-order chi connectivity index (χ0) is 15.4. The first-order chi connectivity index (χ1) is 9.97. The first-order valence-electron chi connectivity index (χ1n) is 6.94. The average molecular weight is 352 g/mol. The molecule has 2 aromatic carbocycles. The molecule has 1 N–H and O–H groups in total. The fraction of sp³-hybridized carbons (Fsp3) is 0.294. The third-order valence-corrected chi connectivity index (χ3v) is 3.74. The molecule has 0 bridgehead atoms. The van der Waals surface area contributed by atoms with Gasteiger partial charge in [-0.2, -0.15) is 0 Å². The number of rotatable bonds is 5. The number of benzene rings is 2. The van der Waals surface area contributed by atoms with Crippen LogP contribution in [0.25, 0.3) is 0 Å². The minimum atomic E-state index is -0.268. The average Bonchev–Trinajstić information content (AvgIpc) is 2.43. The third kappa shape index (κ3) is 4.21. The highest BCUT2D eigenvalue weighted by atomic mass is 79.9. The predicted molar refractivity (Wildman–Crippen MR) is 88.3 cm³/mol. The molecule has 1 unspecified atom stereocenters. The van der Waals surface area contributed by atoms with Crippen LogP contribution < -0.4 is 10.1 Å². The zero-order valence-electron chi connectivity index (χ0n) is 12.4. The summed E-state index contributed by atoms with van der Waals surface area (Å²) in [5.41, 5.74) is 1.55. The maximum Gasteiger partial charge on any atom is 0.147 e. The fourth-order valence-corrected chi connectivity index (χ4v) is 2.50. The van der Waals surface area contributed by atoms with E-state index in [4.69, 9.17) is 4.74 Å². The number of ether oxygens (including phenoxy) is 1. The van der Waals surface area contributed by atoms with Crippen molar-refractivity contribution in [3.63, 3.8) is 0 Å². The summed E-state index contributed by atoms with van der Waals surface area (Å²) < 4.78 is 20.2. The Morgan fingerprint density at radius 2 is 1.71 bits per heavy atom. The lowest BCUT2D eigenvalue weighted by molar-refractivity contribution is 0.242. The largest absolute Gasteiger partial charge is 0.491 e. The van der Waals surface area contributed by atoms with Crippen molar-refractivity contribution < 1.29 is 9.13 Å². The van der Waals surface area contributed by atoms with Crippen molar-refractivity contribution in [2.24, 2.45) is 0 Å². The Morgan fingerprint density at radius 3 is 2.29 bits per heavy atom. The van der Waals surface area contributed by atoms with E-state index < -0.39 is 0 Å². The van der Waals surface area contributed by atoms with Crippen molar-refractivity contribution in [1.29, 1.82) is 0 Å². The molecule has 0 heterocycles. The molecule has 0 radical (unpaired) electrons. The molecule has 0 saturated carbocycles. The Morgan fingerprint density at radius 1 is 1.05 bits per heavy atom. The second kappa shape index (κ2) is 6.94. The van der Waals surface area contributed by atoms with Gasteiger partial charge in [-0.3, -0.25) is 0 Å². The highest BCUT2D eigenvalue weighted by Crippen LogP contribution is 2.29. The summed E-state index contributed by atoms with van der Waals surface area (Å²) in [6.07, 6.45) is 0.153. The van der Waals surface area contributed by atoms with Crippen LogP contribution in [0.4, 0.5) is 10.1 Å². The molecule has 0 aromatic heterocycles. The minimum absolute atomic E-state index is 0.00806. The first kappa shape index (κ1) is 15.8. The lowest BCUT2D eigenvalue weighted by Gasteiger charge is -2.18. The topological polar surface area (TPSA) is 21.3 Å². The SMILES string of the molecule is CC(C)Oc1ccc(C(C)Nc2c(F)cccc2Br)cc1. The molecule has 1 atom stereocenters. The second-order valence-corrected chi connectivity index (χ2v) is 6.05. The Balaban J connectivity index is 2.11. The predicted octanol–water partition coefficient (Wildman–Crippen LogP) is 5.55. The molecule has 2 nitrogen and oxygen atoms in total. The van der Waals surface area contributed by atoms with Gasteiger partial charge < -0.3 is 10.1 Å². The molecule has 2 rings (SSSR count). The van der Waals surface area contributed by atoms with Gasteiger partial charge in [0, 0.05) is 10.5 Å². The van der Waals surface area contributed by atoms with Gasteiger partial charge in [0.05, 0.1) is 11.8 Å². The smallest absolute Gasteiger partial charge is 0.147 e. The third-order valence-electron chi connectivity index (χ3n) is 3.08. The van der Waals surface area contributed by atoms with Crippen molar-refractivity contribution in [1.82, 2.24) is 0 Å². The van der Waals surface area contributed by atoms with E-state index in [-0.39, 0.29) is 18.0 Å². The summed E-state index contributed by atoms with van der Waals surface area (Å²) >= 11 is 3.36. The molecule has 0 aliphatic carbocycles. The van der Waals surface area contributed by atoms with Crippen molar-refractivity contribution in [3.8, 4) is 5.75 Å². The van der Waals surface area contributed by atoms with Gasteiger partial charge in [0.25, 0.3) is 0 Å². The fourth-order valence-electron chi connectivity index (χ4n) is 2.04. The van der Waals surface area contributed by atoms with E-state index in [0.717, 1.165) is 11.3 Å². The molecular formula is C17H19BrFNO. The Hall–Kier alpha value is -1.55. The lowest BCUT2D eigenvalue weighted by Crippen LogP contribution is -2.09. The Kier molecular flexibility index (Phi) is 5.23. The maximum absolute atomic E-state index is 13.8. The quantitative estimate of drug-likeness (QED) is 0.762. The van der Waals surface area contributed by atoms with Crippen LogP contribution in [0, 0.1) is 5.82 Å². The van der Waals surface area contributed by atoms with E-state index in [1.54, 1.807) is 6.07 Å². The summed E-state index contributed by atoms with van der Waals surface area (Å²) in [4.78, 5) is 0. The molecule has 0 fully saturated rings. The Bertz CT molecular complexity index is 578. The number of hydrogen-bond donors (Lipinski definition) is 1. The summed E-state index contributed by atoms with van der Waals surface area (Å²) in [5.74, 6) is 0.573. The molecule has 0 aliphatic rings. The van der Waals surface area contributed by atoms with Crippen molar-refractivity contribution in [2.45, 2.75) is 32.9 Å². The van der Waals surface area contributed by atoms with Gasteiger partial charge in [-0.05, 0) is 66.5 Å². The number of halogens is 2. The molecule has 112 valence electrons. The second-order valence-electron chi connectivity index (χ2n) is 5.20. The maximum atomic E-state index is 13.8. The summed E-state index contributed by atoms with van der Waals surface area (Å²) in [6, 6.07) is 12.8. The van der Waals surface area contributed by atoms with Crippen LogP contribution in [-0.4, -0.2) is 6.10 Å². The molecule has 0 spiro atoms. The van der Waals surface area contributed by atoms with E-state index in [2.05, 4.69) is 21.2 Å². The zero-order valence-corrected chi connectivity index (χ0v) is 13.9. The van der Waals surface area contributed by atoms with Gasteiger partial charge in [0.2, 0.25) is 0 Å². The van der Waals surface area contributed by atoms with Crippen LogP contribution in [0.2, 0.25) is 0 Å². The summed E-state index contributed by atoms with van der Waals surface area (Å²) in [7, 11) is 0. The van der Waals surface area contributed by atoms with Gasteiger partial charge in [-0.15, -0.1) is 0 Å². The van der Waals surface area contributed by atoms with Crippen LogP contribution in [0.5, 0.6) is 5.75 Å². The molecule has 4 heteroatoms. The number of hydrogen-bond acceptors (Lipinski definition) is 2. The van der Waals surface area contributed by atoms with Crippen LogP contribution in [-0.2, 0) is 0 Å². The van der Waals surface area contributed by atoms with E-state index in [0.29, 0.717) is 10.2 Å². The van der Waals surface area contributed by atoms with Crippen LogP contribution in [0.3, 0.4) is 0 Å². The van der Waals surface area contributed by atoms with Gasteiger partial charge in [-0.1, -0.05) is 18.2 Å². The normalized spacial score (nSPS) is 12.3. The molecule has 0 saturated heterocycles. The van der Waals surface area contributed by atoms with Gasteiger partial charge in [0.1, 0.15) is 11.6 Å². The van der Waals surface area contributed by atoms with Crippen molar-refractivity contribution in [2.75, 3.05) is 5.32 Å². The van der Waals surface area contributed by atoms with E-state index in [1.807, 2.05) is 51.1 Å². The Labute approximate surface area is 133 Å². The van der Waals surface area contributed by atoms with E-state index in [1.165, 1.54) is 6.07 Å². The standard InChI is InChI=1S/C17H19BrFNO/c1-11(2)21-14-9-7-13(8-10-14)12(3)20-17-15(18)5-4-6-16(17)19/h4-12,20H,1-3H3. The first-order valence-corrected chi connectivity index (χ1v) is 7.74. The molecule has 0 aliphatic heterocycles. The van der Waals surface area contributed by atoms with Crippen LogP contribution >= 0.6 is 15.9 Å². The highest BCUT2D eigenvalue weighted by Gasteiger charge is 2.11. The lowest BCUT2D eigenvalue weighted by atomic mass is 10.1. The van der Waals surface area contributed by atoms with Crippen LogP contribution in [0.15, 0.2) is 46.9 Å². The monoisotopic (exact) mass is 351 g/mol. The summed E-state index contributed by atoms with van der Waals surface area (Å²) in [5, 5.41) is 3.19. The van der Waals surface area contributed by atoms with Gasteiger partial charge >= 0.3 is 0 Å². The highest BCUT2D eigenvalue weighted by molar-refractivity contribution is 9.10. The molecular weight excluding hydrogens is 333 g/mol.